The predicted molar refractivity (Wildman–Crippen MR) is 50.8 cm³/mol. The Bertz CT molecular complexity index is 155. The molecule has 0 bridgehead atoms. The molecule has 0 fully saturated rings. The average molecular weight is 211 g/mol. The Morgan fingerprint density at radius 2 is 1.85 bits per heavy atom. The highest BCUT2D eigenvalue weighted by atomic mass is 31.2. The molecule has 0 saturated carbocycles. The van der Waals surface area contributed by atoms with Crippen LogP contribution in [0.5, 0.6) is 0 Å². The molecule has 0 aromatic rings. The van der Waals surface area contributed by atoms with E-state index >= 15 is 0 Å². The molecule has 0 aromatic heterocycles. The molecular formula is C7H18NO4P. The Morgan fingerprint density at radius 3 is 2.23 bits per heavy atom. The molecule has 0 heterocycles. The molecule has 0 rings (SSSR count). The van der Waals surface area contributed by atoms with Crippen molar-refractivity contribution >= 4 is 7.60 Å². The van der Waals surface area contributed by atoms with Gasteiger partial charge in [-0.25, -0.2) is 0 Å². The monoisotopic (exact) mass is 211 g/mol. The van der Waals surface area contributed by atoms with Gasteiger partial charge in [-0.3, -0.25) is 4.57 Å². The van der Waals surface area contributed by atoms with Crippen molar-refractivity contribution in [2.24, 2.45) is 0 Å². The van der Waals surface area contributed by atoms with E-state index in [1.165, 1.54) is 0 Å². The zero-order chi connectivity index (χ0) is 10.2. The molecule has 5 nitrogen and oxygen atoms in total. The predicted octanol–water partition coefficient (Wildman–Crippen LogP) is 0.792. The second kappa shape index (κ2) is 7.47. The Hall–Kier alpha value is 0.0700. The molecular weight excluding hydrogens is 193 g/mol. The van der Waals surface area contributed by atoms with E-state index in [0.717, 1.165) is 0 Å². The molecule has 0 aliphatic heterocycles. The van der Waals surface area contributed by atoms with E-state index < -0.39 is 7.60 Å². The molecule has 2 N–H and O–H groups in total. The molecule has 6 heteroatoms. The molecule has 0 aliphatic carbocycles. The van der Waals surface area contributed by atoms with Crippen LogP contribution in [0.3, 0.4) is 0 Å². The van der Waals surface area contributed by atoms with Crippen molar-refractivity contribution in [2.75, 3.05) is 32.7 Å². The highest BCUT2D eigenvalue weighted by molar-refractivity contribution is 7.53. The van der Waals surface area contributed by atoms with Gasteiger partial charge in [-0.05, 0) is 13.8 Å². The smallest absolute Gasteiger partial charge is 0.344 e. The first-order valence-corrected chi connectivity index (χ1v) is 6.11. The topological polar surface area (TPSA) is 67.8 Å². The Labute approximate surface area is 79.0 Å². The van der Waals surface area contributed by atoms with Crippen molar-refractivity contribution in [3.63, 3.8) is 0 Å². The van der Waals surface area contributed by atoms with E-state index in [1.807, 2.05) is 0 Å². The summed E-state index contributed by atoms with van der Waals surface area (Å²) in [6, 6.07) is 0. The van der Waals surface area contributed by atoms with Crippen LogP contribution in [0.25, 0.3) is 0 Å². The van der Waals surface area contributed by atoms with Crippen LogP contribution in [0.2, 0.25) is 0 Å². The van der Waals surface area contributed by atoms with Crippen LogP contribution in [-0.2, 0) is 13.6 Å². The largest absolute Gasteiger partial charge is 0.395 e. The minimum absolute atomic E-state index is 0.0122. The lowest BCUT2D eigenvalue weighted by Crippen LogP contribution is -2.21. The fourth-order valence-electron chi connectivity index (χ4n) is 0.817. The first-order chi connectivity index (χ1) is 6.18. The SMILES string of the molecule is CCOP(=O)(CNCCO)OCC. The van der Waals surface area contributed by atoms with Crippen LogP contribution in [0.1, 0.15) is 13.8 Å². The van der Waals surface area contributed by atoms with Crippen molar-refractivity contribution in [1.29, 1.82) is 0 Å². The molecule has 0 radical (unpaired) electrons. The second-order valence-corrected chi connectivity index (χ2v) is 4.38. The van der Waals surface area contributed by atoms with E-state index in [4.69, 9.17) is 14.2 Å². The van der Waals surface area contributed by atoms with Crippen molar-refractivity contribution < 1.29 is 18.7 Å². The second-order valence-electron chi connectivity index (χ2n) is 2.33. The summed E-state index contributed by atoms with van der Waals surface area (Å²) < 4.78 is 21.7. The molecule has 13 heavy (non-hydrogen) atoms. The first kappa shape index (κ1) is 13.1. The van der Waals surface area contributed by atoms with Crippen LogP contribution >= 0.6 is 7.60 Å². The van der Waals surface area contributed by atoms with Crippen LogP contribution < -0.4 is 5.32 Å². The molecule has 0 atom stereocenters. The summed E-state index contributed by atoms with van der Waals surface area (Å²) in [5.74, 6) is 0. The summed E-state index contributed by atoms with van der Waals surface area (Å²) in [6.45, 7) is 4.65. The highest BCUT2D eigenvalue weighted by Gasteiger charge is 2.22. The quantitative estimate of drug-likeness (QED) is 0.459. The van der Waals surface area contributed by atoms with Crippen LogP contribution in [0.4, 0.5) is 0 Å². The maximum Gasteiger partial charge on any atom is 0.344 e. The van der Waals surface area contributed by atoms with E-state index in [9.17, 15) is 4.57 Å². The fourth-order valence-corrected chi connectivity index (χ4v) is 2.29. The zero-order valence-corrected chi connectivity index (χ0v) is 9.05. The van der Waals surface area contributed by atoms with Gasteiger partial charge in [0, 0.05) is 6.54 Å². The number of nitrogens with one attached hydrogen (secondary N) is 1. The van der Waals surface area contributed by atoms with E-state index in [-0.39, 0.29) is 12.9 Å². The van der Waals surface area contributed by atoms with Gasteiger partial charge in [0.1, 0.15) is 0 Å². The third-order valence-corrected chi connectivity index (χ3v) is 3.16. The van der Waals surface area contributed by atoms with E-state index in [2.05, 4.69) is 5.32 Å². The molecule has 0 spiro atoms. The highest BCUT2D eigenvalue weighted by Crippen LogP contribution is 2.46. The van der Waals surface area contributed by atoms with E-state index in [0.29, 0.717) is 19.8 Å². The molecule has 80 valence electrons. The summed E-state index contributed by atoms with van der Waals surface area (Å²) >= 11 is 0. The summed E-state index contributed by atoms with van der Waals surface area (Å²) in [5, 5.41) is 11.3. The lowest BCUT2D eigenvalue weighted by Gasteiger charge is -2.16. The van der Waals surface area contributed by atoms with Gasteiger partial charge >= 0.3 is 7.60 Å². The number of aliphatic hydroxyl groups excluding tert-OH is 1. The van der Waals surface area contributed by atoms with Gasteiger partial charge < -0.3 is 19.5 Å². The Kier molecular flexibility index (Phi) is 7.51. The summed E-state index contributed by atoms with van der Waals surface area (Å²) in [7, 11) is -2.97. The van der Waals surface area contributed by atoms with Gasteiger partial charge in [0.25, 0.3) is 0 Å². The van der Waals surface area contributed by atoms with Gasteiger partial charge in [-0.15, -0.1) is 0 Å². The van der Waals surface area contributed by atoms with Crippen molar-refractivity contribution in [3.05, 3.63) is 0 Å². The third-order valence-electron chi connectivity index (χ3n) is 1.25. The molecule has 0 aliphatic rings. The molecule has 0 aromatic carbocycles. The minimum atomic E-state index is -2.97. The standard InChI is InChI=1S/C7H18NO4P/c1-3-11-13(10,12-4-2)7-8-5-6-9/h8-9H,3-7H2,1-2H3. The summed E-state index contributed by atoms with van der Waals surface area (Å²) in [6.07, 6.45) is 0.148. The summed E-state index contributed by atoms with van der Waals surface area (Å²) in [5.41, 5.74) is 0. The van der Waals surface area contributed by atoms with Crippen LogP contribution in [0.15, 0.2) is 0 Å². The van der Waals surface area contributed by atoms with Crippen molar-refractivity contribution in [2.45, 2.75) is 13.8 Å². The van der Waals surface area contributed by atoms with Crippen LogP contribution in [0, 0.1) is 0 Å². The third kappa shape index (κ3) is 6.18. The lowest BCUT2D eigenvalue weighted by molar-refractivity contribution is 0.216. The van der Waals surface area contributed by atoms with Crippen LogP contribution in [-0.4, -0.2) is 37.8 Å². The number of hydrogen-bond donors (Lipinski definition) is 2. The van der Waals surface area contributed by atoms with Gasteiger partial charge in [-0.2, -0.15) is 0 Å². The van der Waals surface area contributed by atoms with Crippen molar-refractivity contribution in [3.8, 4) is 0 Å². The normalized spacial score (nSPS) is 11.9. The zero-order valence-electron chi connectivity index (χ0n) is 8.15. The first-order valence-electron chi connectivity index (χ1n) is 4.38. The van der Waals surface area contributed by atoms with Gasteiger partial charge in [0.2, 0.25) is 0 Å². The Balaban J connectivity index is 3.85. The molecule has 0 amide bonds. The fraction of sp³-hybridized carbons (Fsp3) is 1.00. The average Bonchev–Trinajstić information content (AvgIpc) is 2.05. The Morgan fingerprint density at radius 1 is 1.31 bits per heavy atom. The maximum atomic E-state index is 11.7. The van der Waals surface area contributed by atoms with Gasteiger partial charge in [0.15, 0.2) is 0 Å². The van der Waals surface area contributed by atoms with Gasteiger partial charge in [-0.1, -0.05) is 0 Å². The summed E-state index contributed by atoms with van der Waals surface area (Å²) in [4.78, 5) is 0. The number of hydrogen-bond acceptors (Lipinski definition) is 5. The maximum absolute atomic E-state index is 11.7. The van der Waals surface area contributed by atoms with Gasteiger partial charge in [0.05, 0.1) is 26.1 Å². The molecule has 0 unspecified atom stereocenters. The number of rotatable bonds is 8. The van der Waals surface area contributed by atoms with E-state index in [1.54, 1.807) is 13.8 Å². The lowest BCUT2D eigenvalue weighted by atomic mass is 10.7. The molecule has 0 saturated heterocycles. The van der Waals surface area contributed by atoms with Crippen molar-refractivity contribution in [1.82, 2.24) is 5.32 Å². The number of aliphatic hydroxyl groups is 1. The minimum Gasteiger partial charge on any atom is -0.395 e.